The summed E-state index contributed by atoms with van der Waals surface area (Å²) in [5, 5.41) is -0.650. The van der Waals surface area contributed by atoms with Crippen molar-refractivity contribution in [2.24, 2.45) is 0 Å². The molecule has 0 atom stereocenters. The standard InChI is InChI=1S/C15H15Cl2NO2/c1-2-3-8-18-9-11(13(14(16)19)15(17)20)10-6-4-5-7-12(10)18/h4-7,9,13H,2-3,8H2,1H3. The van der Waals surface area contributed by atoms with E-state index < -0.39 is 16.4 Å². The molecule has 20 heavy (non-hydrogen) atoms. The third-order valence-corrected chi connectivity index (χ3v) is 3.77. The summed E-state index contributed by atoms with van der Waals surface area (Å²) >= 11 is 11.1. The zero-order chi connectivity index (χ0) is 14.7. The fourth-order valence-corrected chi connectivity index (χ4v) is 2.84. The molecule has 0 fully saturated rings. The van der Waals surface area contributed by atoms with Gasteiger partial charge in [0, 0.05) is 23.6 Å². The Labute approximate surface area is 127 Å². The van der Waals surface area contributed by atoms with Crippen molar-refractivity contribution in [3.63, 3.8) is 0 Å². The number of carbonyl (C=O) groups is 2. The molecule has 0 unspecified atom stereocenters. The first kappa shape index (κ1) is 15.1. The van der Waals surface area contributed by atoms with Gasteiger partial charge in [-0.05, 0) is 41.3 Å². The second-order valence-corrected chi connectivity index (χ2v) is 5.43. The second-order valence-electron chi connectivity index (χ2n) is 4.69. The predicted molar refractivity (Wildman–Crippen MR) is 81.3 cm³/mol. The molecule has 0 spiro atoms. The van der Waals surface area contributed by atoms with E-state index in [1.807, 2.05) is 35.0 Å². The Bertz CT molecular complexity index is 634. The van der Waals surface area contributed by atoms with Gasteiger partial charge in [-0.25, -0.2) is 0 Å². The number of rotatable bonds is 6. The quantitative estimate of drug-likeness (QED) is 0.596. The number of hydrogen-bond acceptors (Lipinski definition) is 2. The summed E-state index contributed by atoms with van der Waals surface area (Å²) in [6, 6.07) is 7.63. The van der Waals surface area contributed by atoms with Crippen LogP contribution in [0.15, 0.2) is 30.5 Å². The molecule has 3 nitrogen and oxygen atoms in total. The zero-order valence-corrected chi connectivity index (χ0v) is 12.6. The second kappa shape index (κ2) is 6.42. The van der Waals surface area contributed by atoms with E-state index in [1.54, 1.807) is 0 Å². The number of fused-ring (bicyclic) bond motifs is 1. The van der Waals surface area contributed by atoms with Crippen molar-refractivity contribution in [2.75, 3.05) is 0 Å². The highest BCUT2D eigenvalue weighted by Crippen LogP contribution is 2.31. The molecule has 0 aliphatic rings. The minimum atomic E-state index is -1.11. The first-order valence-electron chi connectivity index (χ1n) is 6.52. The van der Waals surface area contributed by atoms with Crippen molar-refractivity contribution in [1.82, 2.24) is 4.57 Å². The van der Waals surface area contributed by atoms with Crippen molar-refractivity contribution in [2.45, 2.75) is 32.2 Å². The minimum Gasteiger partial charge on any atom is -0.347 e. The number of hydrogen-bond donors (Lipinski definition) is 0. The Morgan fingerprint density at radius 3 is 2.45 bits per heavy atom. The van der Waals surface area contributed by atoms with Crippen LogP contribution in [-0.4, -0.2) is 15.1 Å². The Hall–Kier alpha value is -1.32. The van der Waals surface area contributed by atoms with Gasteiger partial charge in [-0.1, -0.05) is 31.5 Å². The molecule has 0 radical (unpaired) electrons. The summed E-state index contributed by atoms with van der Waals surface area (Å²) in [4.78, 5) is 23.0. The number of para-hydroxylation sites is 1. The number of aryl methyl sites for hydroxylation is 1. The maximum atomic E-state index is 11.5. The normalized spacial score (nSPS) is 11.2. The number of carbonyl (C=O) groups excluding carboxylic acids is 2. The van der Waals surface area contributed by atoms with Gasteiger partial charge in [0.25, 0.3) is 0 Å². The smallest absolute Gasteiger partial charge is 0.238 e. The fourth-order valence-electron chi connectivity index (χ4n) is 2.35. The molecule has 0 amide bonds. The van der Waals surface area contributed by atoms with Crippen molar-refractivity contribution in [1.29, 1.82) is 0 Å². The zero-order valence-electron chi connectivity index (χ0n) is 11.1. The van der Waals surface area contributed by atoms with E-state index in [0.717, 1.165) is 30.3 Å². The van der Waals surface area contributed by atoms with Gasteiger partial charge in [-0.3, -0.25) is 9.59 Å². The van der Waals surface area contributed by atoms with Crippen LogP contribution < -0.4 is 0 Å². The Kier molecular flexibility index (Phi) is 4.84. The number of benzene rings is 1. The van der Waals surface area contributed by atoms with Crippen LogP contribution in [-0.2, 0) is 16.1 Å². The summed E-state index contributed by atoms with van der Waals surface area (Å²) in [5.41, 5.74) is 1.56. The van der Waals surface area contributed by atoms with Gasteiger partial charge in [0.1, 0.15) is 5.92 Å². The van der Waals surface area contributed by atoms with Crippen LogP contribution in [0, 0.1) is 0 Å². The Morgan fingerprint density at radius 1 is 1.20 bits per heavy atom. The highest BCUT2D eigenvalue weighted by Gasteiger charge is 2.28. The summed E-state index contributed by atoms with van der Waals surface area (Å²) < 4.78 is 2.04. The molecule has 1 aromatic carbocycles. The maximum Gasteiger partial charge on any atom is 0.238 e. The van der Waals surface area contributed by atoms with Crippen molar-refractivity contribution < 1.29 is 9.59 Å². The Balaban J connectivity index is 2.58. The molecule has 0 aliphatic carbocycles. The largest absolute Gasteiger partial charge is 0.347 e. The molecule has 1 heterocycles. The Morgan fingerprint density at radius 2 is 1.85 bits per heavy atom. The maximum absolute atomic E-state index is 11.5. The topological polar surface area (TPSA) is 39.1 Å². The van der Waals surface area contributed by atoms with Gasteiger partial charge in [0.15, 0.2) is 0 Å². The third-order valence-electron chi connectivity index (χ3n) is 3.34. The SMILES string of the molecule is CCCCn1cc(C(C(=O)Cl)C(=O)Cl)c2ccccc21. The van der Waals surface area contributed by atoms with Crippen LogP contribution in [0.25, 0.3) is 10.9 Å². The van der Waals surface area contributed by atoms with Crippen LogP contribution >= 0.6 is 23.2 Å². The van der Waals surface area contributed by atoms with Gasteiger partial charge in [-0.15, -0.1) is 0 Å². The summed E-state index contributed by atoms with van der Waals surface area (Å²) in [6.45, 7) is 2.94. The molecule has 0 saturated carbocycles. The lowest BCUT2D eigenvalue weighted by Crippen LogP contribution is -2.13. The highest BCUT2D eigenvalue weighted by molar-refractivity contribution is 6.74. The first-order chi connectivity index (χ1) is 9.56. The number of unbranched alkanes of at least 4 members (excludes halogenated alkanes) is 1. The molecule has 1 aromatic heterocycles. The summed E-state index contributed by atoms with van der Waals surface area (Å²) in [5.74, 6) is -1.11. The molecule has 2 rings (SSSR count). The highest BCUT2D eigenvalue weighted by atomic mass is 35.5. The molecular formula is C15H15Cl2NO2. The lowest BCUT2D eigenvalue weighted by Gasteiger charge is -2.05. The van der Waals surface area contributed by atoms with Gasteiger partial charge in [0.2, 0.25) is 10.5 Å². The van der Waals surface area contributed by atoms with Crippen LogP contribution in [0.4, 0.5) is 0 Å². The van der Waals surface area contributed by atoms with Crippen molar-refractivity contribution >= 4 is 44.6 Å². The fraction of sp³-hybridized carbons (Fsp3) is 0.333. The molecule has 0 saturated heterocycles. The molecule has 0 N–H and O–H groups in total. The molecule has 0 bridgehead atoms. The van der Waals surface area contributed by atoms with E-state index in [1.165, 1.54) is 0 Å². The van der Waals surface area contributed by atoms with Crippen LogP contribution in [0.3, 0.4) is 0 Å². The van der Waals surface area contributed by atoms with E-state index in [2.05, 4.69) is 6.92 Å². The van der Waals surface area contributed by atoms with E-state index in [0.29, 0.717) is 5.56 Å². The van der Waals surface area contributed by atoms with Gasteiger partial charge < -0.3 is 4.57 Å². The van der Waals surface area contributed by atoms with Gasteiger partial charge >= 0.3 is 0 Å². The molecular weight excluding hydrogens is 297 g/mol. The van der Waals surface area contributed by atoms with Gasteiger partial charge in [-0.2, -0.15) is 0 Å². The molecule has 2 aromatic rings. The minimum absolute atomic E-state index is 0.580. The molecule has 106 valence electrons. The van der Waals surface area contributed by atoms with E-state index >= 15 is 0 Å². The monoisotopic (exact) mass is 311 g/mol. The van der Waals surface area contributed by atoms with Gasteiger partial charge in [0.05, 0.1) is 0 Å². The number of aromatic nitrogens is 1. The summed E-state index contributed by atoms with van der Waals surface area (Å²) in [7, 11) is 0. The summed E-state index contributed by atoms with van der Waals surface area (Å²) in [6.07, 6.45) is 3.89. The van der Waals surface area contributed by atoms with E-state index in [-0.39, 0.29) is 0 Å². The predicted octanol–water partition coefficient (Wildman–Crippen LogP) is 4.06. The lowest BCUT2D eigenvalue weighted by atomic mass is 10.0. The third kappa shape index (κ3) is 2.89. The number of nitrogens with zero attached hydrogens (tertiary/aromatic N) is 1. The number of halogens is 2. The van der Waals surface area contributed by atoms with Crippen LogP contribution in [0.2, 0.25) is 0 Å². The van der Waals surface area contributed by atoms with E-state index in [9.17, 15) is 9.59 Å². The van der Waals surface area contributed by atoms with Crippen molar-refractivity contribution in [3.05, 3.63) is 36.0 Å². The molecule has 0 aliphatic heterocycles. The lowest BCUT2D eigenvalue weighted by molar-refractivity contribution is -0.120. The average Bonchev–Trinajstić information content (AvgIpc) is 2.75. The first-order valence-corrected chi connectivity index (χ1v) is 7.28. The molecule has 5 heteroatoms. The van der Waals surface area contributed by atoms with Crippen LogP contribution in [0.1, 0.15) is 31.2 Å². The van der Waals surface area contributed by atoms with Crippen molar-refractivity contribution in [3.8, 4) is 0 Å². The van der Waals surface area contributed by atoms with Crippen LogP contribution in [0.5, 0.6) is 0 Å². The average molecular weight is 312 g/mol. The van der Waals surface area contributed by atoms with E-state index in [4.69, 9.17) is 23.2 Å².